The second kappa shape index (κ2) is 7.15. The van der Waals surface area contributed by atoms with Crippen LogP contribution < -0.4 is 5.32 Å². The topological polar surface area (TPSA) is 103 Å². The lowest BCUT2D eigenvalue weighted by Crippen LogP contribution is -2.39. The van der Waals surface area contributed by atoms with Crippen LogP contribution in [-0.2, 0) is 12.8 Å². The molecule has 0 aliphatic carbocycles. The molecule has 26 heavy (non-hydrogen) atoms. The van der Waals surface area contributed by atoms with Gasteiger partial charge < -0.3 is 15.2 Å². The number of urea groups is 1. The number of likely N-dealkylation sites (tertiary alicyclic amines) is 1. The number of para-hydroxylation sites is 1. The Hall–Kier alpha value is -2.90. The van der Waals surface area contributed by atoms with Crippen molar-refractivity contribution in [3.05, 3.63) is 41.3 Å². The highest BCUT2D eigenvalue weighted by Gasteiger charge is 2.29. The Bertz CT molecular complexity index is 886. The Morgan fingerprint density at radius 3 is 3.12 bits per heavy atom. The third kappa shape index (κ3) is 3.14. The predicted molar refractivity (Wildman–Crippen MR) is 97.9 cm³/mol. The number of aryl methyl sites for hydroxylation is 1. The number of nitrogens with one attached hydrogen (secondary N) is 3. The molecule has 1 aliphatic rings. The average molecular weight is 353 g/mol. The molecule has 1 aliphatic heterocycles. The van der Waals surface area contributed by atoms with E-state index in [0.29, 0.717) is 18.9 Å². The molecule has 136 valence electrons. The first-order valence-electron chi connectivity index (χ1n) is 9.10. The van der Waals surface area contributed by atoms with Crippen molar-refractivity contribution in [3.8, 4) is 0 Å². The van der Waals surface area contributed by atoms with Gasteiger partial charge >= 0.3 is 6.03 Å². The smallest absolute Gasteiger partial charge is 0.317 e. The number of tetrazole rings is 1. The molecule has 1 unspecified atom stereocenters. The summed E-state index contributed by atoms with van der Waals surface area (Å²) in [6, 6.07) is 6.36. The largest absolute Gasteiger partial charge is 0.361 e. The summed E-state index contributed by atoms with van der Waals surface area (Å²) in [7, 11) is 0. The van der Waals surface area contributed by atoms with Crippen LogP contribution in [0.4, 0.5) is 4.79 Å². The van der Waals surface area contributed by atoms with Crippen LogP contribution in [0.3, 0.4) is 0 Å². The predicted octanol–water partition coefficient (Wildman–Crippen LogP) is 1.98. The molecular formula is C18H23N7O. The van der Waals surface area contributed by atoms with Gasteiger partial charge in [0, 0.05) is 42.7 Å². The lowest BCUT2D eigenvalue weighted by molar-refractivity contribution is 0.208. The molecule has 8 nitrogen and oxygen atoms in total. The van der Waals surface area contributed by atoms with Crippen molar-refractivity contribution in [2.45, 2.75) is 32.1 Å². The van der Waals surface area contributed by atoms with Crippen molar-refractivity contribution >= 4 is 16.9 Å². The Balaban J connectivity index is 1.32. The Labute approximate surface area is 151 Å². The Morgan fingerprint density at radius 2 is 2.31 bits per heavy atom. The molecule has 0 radical (unpaired) electrons. The number of amides is 2. The molecule has 4 rings (SSSR count). The normalized spacial score (nSPS) is 17.1. The van der Waals surface area contributed by atoms with E-state index in [1.54, 1.807) is 0 Å². The van der Waals surface area contributed by atoms with Gasteiger partial charge in [0.1, 0.15) is 0 Å². The number of fused-ring (bicyclic) bond motifs is 1. The fourth-order valence-electron chi connectivity index (χ4n) is 3.69. The van der Waals surface area contributed by atoms with E-state index >= 15 is 0 Å². The van der Waals surface area contributed by atoms with E-state index in [1.165, 1.54) is 22.0 Å². The van der Waals surface area contributed by atoms with Crippen LogP contribution in [0.25, 0.3) is 10.9 Å². The molecular weight excluding hydrogens is 330 g/mol. The first-order chi connectivity index (χ1) is 12.8. The second-order valence-electron chi connectivity index (χ2n) is 6.69. The third-order valence-electron chi connectivity index (χ3n) is 5.14. The van der Waals surface area contributed by atoms with E-state index in [9.17, 15) is 4.79 Å². The number of hydrogen-bond donors (Lipinski definition) is 3. The second-order valence-corrected chi connectivity index (χ2v) is 6.69. The third-order valence-corrected chi connectivity index (χ3v) is 5.14. The molecule has 1 saturated heterocycles. The number of carbonyl (C=O) groups is 1. The zero-order valence-corrected chi connectivity index (χ0v) is 14.8. The molecule has 1 aromatic carbocycles. The number of H-pyrrole nitrogens is 2. The number of carbonyl (C=O) groups excluding carboxylic acids is 1. The zero-order chi connectivity index (χ0) is 17.9. The summed E-state index contributed by atoms with van der Waals surface area (Å²) in [5.41, 5.74) is 3.77. The van der Waals surface area contributed by atoms with E-state index in [2.05, 4.69) is 62.2 Å². The highest BCUT2D eigenvalue weighted by molar-refractivity contribution is 5.86. The summed E-state index contributed by atoms with van der Waals surface area (Å²) in [5, 5.41) is 18.4. The summed E-state index contributed by atoms with van der Waals surface area (Å²) in [5.74, 6) is 0.853. The number of aromatic nitrogens is 5. The quantitative estimate of drug-likeness (QED) is 0.652. The van der Waals surface area contributed by atoms with Crippen LogP contribution in [0.5, 0.6) is 0 Å². The van der Waals surface area contributed by atoms with Crippen molar-refractivity contribution in [3.63, 3.8) is 0 Å². The fourth-order valence-corrected chi connectivity index (χ4v) is 3.69. The first-order valence-corrected chi connectivity index (χ1v) is 9.10. The van der Waals surface area contributed by atoms with Crippen LogP contribution in [0.15, 0.2) is 24.4 Å². The molecule has 3 N–H and O–H groups in total. The van der Waals surface area contributed by atoms with Crippen molar-refractivity contribution in [2.75, 3.05) is 19.6 Å². The van der Waals surface area contributed by atoms with Gasteiger partial charge in [-0.15, -0.1) is 10.2 Å². The number of nitrogens with zero attached hydrogens (tertiary/aromatic N) is 4. The van der Waals surface area contributed by atoms with E-state index in [-0.39, 0.29) is 11.9 Å². The molecule has 2 amide bonds. The molecule has 3 aromatic rings. The first kappa shape index (κ1) is 16.6. The maximum absolute atomic E-state index is 12.4. The standard InChI is InChI=1S/C18H23N7O/c1-2-12-4-3-5-15-13(10-20-16(12)15)6-8-19-18(26)25-9-7-14(11-25)17-21-23-24-22-17/h3-5,10,14,20H,2,6-9,11H2,1H3,(H,19,26)(H,21,22,23,24). The van der Waals surface area contributed by atoms with E-state index < -0.39 is 0 Å². The van der Waals surface area contributed by atoms with Gasteiger partial charge in [-0.1, -0.05) is 30.3 Å². The minimum absolute atomic E-state index is 0.0231. The number of aromatic amines is 2. The maximum atomic E-state index is 12.4. The summed E-state index contributed by atoms with van der Waals surface area (Å²) in [6.07, 6.45) is 4.73. The van der Waals surface area contributed by atoms with Crippen LogP contribution in [0.1, 0.15) is 36.2 Å². The molecule has 0 saturated carbocycles. The van der Waals surface area contributed by atoms with Gasteiger partial charge in [-0.25, -0.2) is 4.79 Å². The van der Waals surface area contributed by atoms with Crippen LogP contribution in [0, 0.1) is 0 Å². The van der Waals surface area contributed by atoms with E-state index in [0.717, 1.165) is 25.8 Å². The molecule has 8 heteroatoms. The van der Waals surface area contributed by atoms with Crippen molar-refractivity contribution in [1.29, 1.82) is 0 Å². The molecule has 3 heterocycles. The van der Waals surface area contributed by atoms with E-state index in [4.69, 9.17) is 0 Å². The lowest BCUT2D eigenvalue weighted by Gasteiger charge is -2.16. The van der Waals surface area contributed by atoms with Gasteiger partial charge in [0.15, 0.2) is 5.82 Å². The summed E-state index contributed by atoms with van der Waals surface area (Å²) in [6.45, 7) is 4.13. The van der Waals surface area contributed by atoms with Crippen LogP contribution in [0.2, 0.25) is 0 Å². The molecule has 1 atom stereocenters. The molecule has 0 spiro atoms. The number of benzene rings is 1. The van der Waals surface area contributed by atoms with Crippen LogP contribution >= 0.6 is 0 Å². The Morgan fingerprint density at radius 1 is 1.38 bits per heavy atom. The fraction of sp³-hybridized carbons (Fsp3) is 0.444. The SMILES string of the molecule is CCc1cccc2c(CCNC(=O)N3CCC(c4nn[nH]n4)C3)c[nH]c12. The van der Waals surface area contributed by atoms with Crippen molar-refractivity contribution in [1.82, 2.24) is 35.8 Å². The molecule has 2 aromatic heterocycles. The van der Waals surface area contributed by atoms with Gasteiger partial charge in [-0.3, -0.25) is 0 Å². The maximum Gasteiger partial charge on any atom is 0.317 e. The highest BCUT2D eigenvalue weighted by atomic mass is 16.2. The number of hydrogen-bond acceptors (Lipinski definition) is 4. The van der Waals surface area contributed by atoms with Gasteiger partial charge in [0.05, 0.1) is 0 Å². The Kier molecular flexibility index (Phi) is 4.55. The van der Waals surface area contributed by atoms with E-state index in [1.807, 2.05) is 4.90 Å². The number of rotatable bonds is 5. The minimum Gasteiger partial charge on any atom is -0.361 e. The zero-order valence-electron chi connectivity index (χ0n) is 14.8. The summed E-state index contributed by atoms with van der Waals surface area (Å²) >= 11 is 0. The monoisotopic (exact) mass is 353 g/mol. The highest BCUT2D eigenvalue weighted by Crippen LogP contribution is 2.24. The van der Waals surface area contributed by atoms with Crippen molar-refractivity contribution < 1.29 is 4.79 Å². The van der Waals surface area contributed by atoms with Crippen LogP contribution in [-0.4, -0.2) is 56.2 Å². The molecule has 0 bridgehead atoms. The van der Waals surface area contributed by atoms with Gasteiger partial charge in [-0.2, -0.15) is 5.21 Å². The molecule has 1 fully saturated rings. The lowest BCUT2D eigenvalue weighted by atomic mass is 10.1. The summed E-state index contributed by atoms with van der Waals surface area (Å²) in [4.78, 5) is 17.6. The minimum atomic E-state index is -0.0231. The average Bonchev–Trinajstić information content (AvgIpc) is 3.41. The van der Waals surface area contributed by atoms with Gasteiger partial charge in [-0.05, 0) is 30.4 Å². The van der Waals surface area contributed by atoms with Gasteiger partial charge in [0.25, 0.3) is 0 Å². The van der Waals surface area contributed by atoms with Crippen molar-refractivity contribution in [2.24, 2.45) is 0 Å². The summed E-state index contributed by atoms with van der Waals surface area (Å²) < 4.78 is 0. The van der Waals surface area contributed by atoms with Gasteiger partial charge in [0.2, 0.25) is 0 Å².